The Labute approximate surface area is 96.6 Å². The number of alkyl halides is 2. The number of hydrogen-bond acceptors (Lipinski definition) is 3. The highest BCUT2D eigenvalue weighted by atomic mass is 19.3. The summed E-state index contributed by atoms with van der Waals surface area (Å²) in [6.45, 7) is 1.57. The van der Waals surface area contributed by atoms with E-state index < -0.39 is 29.2 Å². The first-order chi connectivity index (χ1) is 7.73. The van der Waals surface area contributed by atoms with Crippen molar-refractivity contribution in [1.82, 2.24) is 0 Å². The number of nitrogens with zero attached hydrogens (tertiary/aromatic N) is 1. The number of hydrogen-bond donors (Lipinski definition) is 1. The van der Waals surface area contributed by atoms with Crippen LogP contribution in [0.1, 0.15) is 24.0 Å². The normalized spacial score (nSPS) is 20.7. The minimum atomic E-state index is -2.72. The summed E-state index contributed by atoms with van der Waals surface area (Å²) in [5.74, 6) is -2.72. The minimum absolute atomic E-state index is 0.0246. The topological polar surface area (TPSA) is 69.2 Å². The van der Waals surface area contributed by atoms with Crippen molar-refractivity contribution in [3.05, 3.63) is 39.4 Å². The lowest BCUT2D eigenvalue weighted by Gasteiger charge is -2.44. The molecule has 17 heavy (non-hydrogen) atoms. The van der Waals surface area contributed by atoms with Gasteiger partial charge in [0.15, 0.2) is 0 Å². The van der Waals surface area contributed by atoms with E-state index in [9.17, 15) is 18.9 Å². The Bertz CT molecular complexity index is 480. The van der Waals surface area contributed by atoms with Gasteiger partial charge in [0.05, 0.1) is 10.5 Å². The van der Waals surface area contributed by atoms with E-state index in [0.29, 0.717) is 11.1 Å². The molecule has 2 rings (SSSR count). The van der Waals surface area contributed by atoms with E-state index in [0.717, 1.165) is 0 Å². The largest absolute Gasteiger partial charge is 0.321 e. The molecule has 0 aliphatic heterocycles. The molecule has 2 N–H and O–H groups in total. The lowest BCUT2D eigenvalue weighted by atomic mass is 9.69. The molecular weight excluding hydrogens is 230 g/mol. The van der Waals surface area contributed by atoms with Crippen molar-refractivity contribution < 1.29 is 13.7 Å². The molecule has 6 heteroatoms. The number of benzene rings is 1. The Morgan fingerprint density at radius 3 is 2.41 bits per heavy atom. The van der Waals surface area contributed by atoms with Gasteiger partial charge >= 0.3 is 0 Å². The summed E-state index contributed by atoms with van der Waals surface area (Å²) in [5, 5.41) is 10.6. The van der Waals surface area contributed by atoms with Gasteiger partial charge in [0.1, 0.15) is 0 Å². The van der Waals surface area contributed by atoms with E-state index in [1.54, 1.807) is 6.92 Å². The summed E-state index contributed by atoms with van der Waals surface area (Å²) in [6, 6.07) is 4.30. The summed E-state index contributed by atoms with van der Waals surface area (Å²) >= 11 is 0. The maximum absolute atomic E-state index is 12.8. The molecule has 1 aromatic rings. The summed E-state index contributed by atoms with van der Waals surface area (Å²) in [5.41, 5.74) is 5.74. The average molecular weight is 242 g/mol. The second kappa shape index (κ2) is 3.46. The lowest BCUT2D eigenvalue weighted by molar-refractivity contribution is -0.385. The van der Waals surface area contributed by atoms with Crippen molar-refractivity contribution in [3.63, 3.8) is 0 Å². The van der Waals surface area contributed by atoms with E-state index in [2.05, 4.69) is 0 Å². The van der Waals surface area contributed by atoms with Gasteiger partial charge in [-0.1, -0.05) is 6.07 Å². The zero-order valence-electron chi connectivity index (χ0n) is 9.24. The summed E-state index contributed by atoms with van der Waals surface area (Å²) in [7, 11) is 0. The molecule has 1 saturated carbocycles. The predicted molar refractivity (Wildman–Crippen MR) is 57.9 cm³/mol. The Balaban J connectivity index is 2.30. The first-order valence-electron chi connectivity index (χ1n) is 5.16. The number of rotatable bonds is 2. The second-order valence-electron chi connectivity index (χ2n) is 4.62. The second-order valence-corrected chi connectivity index (χ2v) is 4.62. The standard InChI is InChI=1S/C11H12F2N2O2/c1-7-4-8(2-3-9(7)15(16)17)10(14)5-11(12,13)6-10/h2-4H,5-6,14H2,1H3. The highest BCUT2D eigenvalue weighted by molar-refractivity contribution is 5.44. The van der Waals surface area contributed by atoms with Crippen LogP contribution in [0.3, 0.4) is 0 Å². The fourth-order valence-corrected chi connectivity index (χ4v) is 2.25. The number of nitro groups is 1. The van der Waals surface area contributed by atoms with Crippen molar-refractivity contribution in [3.8, 4) is 0 Å². The van der Waals surface area contributed by atoms with Gasteiger partial charge in [-0.15, -0.1) is 0 Å². The van der Waals surface area contributed by atoms with Gasteiger partial charge in [0.25, 0.3) is 11.6 Å². The molecule has 1 aliphatic carbocycles. The van der Waals surface area contributed by atoms with Crippen LogP contribution in [0.15, 0.2) is 18.2 Å². The monoisotopic (exact) mass is 242 g/mol. The summed E-state index contributed by atoms with van der Waals surface area (Å²) < 4.78 is 25.7. The minimum Gasteiger partial charge on any atom is -0.321 e. The van der Waals surface area contributed by atoms with E-state index in [-0.39, 0.29) is 5.69 Å². The maximum atomic E-state index is 12.8. The Kier molecular flexibility index (Phi) is 2.43. The predicted octanol–water partition coefficient (Wildman–Crippen LogP) is 2.49. The molecule has 0 amide bonds. The summed E-state index contributed by atoms with van der Waals surface area (Å²) in [6.07, 6.45) is -0.811. The Hall–Kier alpha value is -1.56. The van der Waals surface area contributed by atoms with Crippen molar-refractivity contribution >= 4 is 5.69 Å². The molecule has 0 radical (unpaired) electrons. The van der Waals surface area contributed by atoms with Crippen LogP contribution >= 0.6 is 0 Å². The first-order valence-corrected chi connectivity index (χ1v) is 5.16. The van der Waals surface area contributed by atoms with Crippen LogP contribution in [0, 0.1) is 17.0 Å². The van der Waals surface area contributed by atoms with Gasteiger partial charge in [-0.3, -0.25) is 10.1 Å². The molecule has 1 fully saturated rings. The van der Waals surface area contributed by atoms with E-state index in [1.165, 1.54) is 18.2 Å². The van der Waals surface area contributed by atoms with Gasteiger partial charge in [-0.05, 0) is 18.6 Å². The van der Waals surface area contributed by atoms with E-state index in [1.807, 2.05) is 0 Å². The van der Waals surface area contributed by atoms with E-state index >= 15 is 0 Å². The van der Waals surface area contributed by atoms with Crippen LogP contribution < -0.4 is 5.73 Å². The Morgan fingerprint density at radius 2 is 2.00 bits per heavy atom. The van der Waals surface area contributed by atoms with E-state index in [4.69, 9.17) is 5.73 Å². The first kappa shape index (κ1) is 11.9. The molecule has 0 saturated heterocycles. The molecule has 0 bridgehead atoms. The summed E-state index contributed by atoms with van der Waals surface area (Å²) in [4.78, 5) is 10.1. The van der Waals surface area contributed by atoms with Crippen molar-refractivity contribution in [2.75, 3.05) is 0 Å². The number of halogens is 2. The van der Waals surface area contributed by atoms with Crippen LogP contribution in [-0.2, 0) is 5.54 Å². The van der Waals surface area contributed by atoms with Crippen molar-refractivity contribution in [2.45, 2.75) is 31.2 Å². The van der Waals surface area contributed by atoms with Crippen LogP contribution in [-0.4, -0.2) is 10.8 Å². The number of aryl methyl sites for hydroxylation is 1. The third kappa shape index (κ3) is 2.00. The molecule has 0 heterocycles. The molecule has 0 spiro atoms. The van der Waals surface area contributed by atoms with Gasteiger partial charge in [-0.25, -0.2) is 8.78 Å². The molecule has 92 valence electrons. The third-order valence-electron chi connectivity index (χ3n) is 3.12. The fourth-order valence-electron chi connectivity index (χ4n) is 2.25. The lowest BCUT2D eigenvalue weighted by Crippen LogP contribution is -2.55. The molecule has 1 aromatic carbocycles. The zero-order valence-corrected chi connectivity index (χ0v) is 9.24. The number of nitro benzene ring substituents is 1. The van der Waals surface area contributed by atoms with Gasteiger partial charge in [0.2, 0.25) is 0 Å². The van der Waals surface area contributed by atoms with Crippen LogP contribution in [0.25, 0.3) is 0 Å². The highest BCUT2D eigenvalue weighted by Crippen LogP contribution is 2.50. The van der Waals surface area contributed by atoms with Crippen LogP contribution in [0.2, 0.25) is 0 Å². The molecular formula is C11H12F2N2O2. The SMILES string of the molecule is Cc1cc(C2(N)CC(F)(F)C2)ccc1[N+](=O)[O-]. The van der Waals surface area contributed by atoms with Gasteiger partial charge < -0.3 is 5.73 Å². The highest BCUT2D eigenvalue weighted by Gasteiger charge is 2.55. The fraction of sp³-hybridized carbons (Fsp3) is 0.455. The Morgan fingerprint density at radius 1 is 1.41 bits per heavy atom. The average Bonchev–Trinajstić information content (AvgIpc) is 2.13. The molecule has 0 unspecified atom stereocenters. The van der Waals surface area contributed by atoms with Crippen molar-refractivity contribution in [1.29, 1.82) is 0 Å². The van der Waals surface area contributed by atoms with Crippen molar-refractivity contribution in [2.24, 2.45) is 5.73 Å². The zero-order chi connectivity index (χ0) is 12.8. The third-order valence-corrected chi connectivity index (χ3v) is 3.12. The smallest absolute Gasteiger partial charge is 0.272 e. The number of nitrogens with two attached hydrogens (primary N) is 1. The van der Waals surface area contributed by atoms with Gasteiger partial charge in [0, 0.05) is 24.5 Å². The molecule has 0 atom stereocenters. The van der Waals surface area contributed by atoms with Gasteiger partial charge in [-0.2, -0.15) is 0 Å². The van der Waals surface area contributed by atoms with Crippen LogP contribution in [0.4, 0.5) is 14.5 Å². The molecule has 4 nitrogen and oxygen atoms in total. The molecule has 0 aromatic heterocycles. The quantitative estimate of drug-likeness (QED) is 0.639. The maximum Gasteiger partial charge on any atom is 0.272 e. The molecule has 1 aliphatic rings. The van der Waals surface area contributed by atoms with Crippen LogP contribution in [0.5, 0.6) is 0 Å².